The minimum Gasteiger partial charge on any atom is -0.396 e. The topological polar surface area (TPSA) is 41.3 Å². The Labute approximate surface area is 130 Å². The van der Waals surface area contributed by atoms with Gasteiger partial charge in [0.15, 0.2) is 0 Å². The number of likely N-dealkylation sites (tertiary alicyclic amines) is 1. The van der Waals surface area contributed by atoms with Crippen LogP contribution in [0.1, 0.15) is 25.6 Å². The Balaban J connectivity index is 1.83. The molecule has 0 saturated carbocycles. The molecule has 0 amide bonds. The zero-order valence-electron chi connectivity index (χ0n) is 12.6. The summed E-state index contributed by atoms with van der Waals surface area (Å²) in [5, 5.41) is 10.3. The number of fused-ring (bicyclic) bond motifs is 1. The number of aliphatic hydroxyl groups excluding tert-OH is 1. The fourth-order valence-electron chi connectivity index (χ4n) is 3.26. The molecule has 1 aliphatic heterocycles. The number of aliphatic hydroxyl groups is 1. The van der Waals surface area contributed by atoms with Gasteiger partial charge in [-0.1, -0.05) is 18.5 Å². The zero-order valence-corrected chi connectivity index (χ0v) is 13.4. The molecule has 1 aliphatic rings. The average molecular weight is 308 g/mol. The van der Waals surface area contributed by atoms with Crippen LogP contribution in [0, 0.1) is 5.41 Å². The van der Waals surface area contributed by atoms with Crippen molar-refractivity contribution in [3.63, 3.8) is 0 Å². The lowest BCUT2D eigenvalue weighted by atomic mass is 9.83. The molecule has 0 bridgehead atoms. The largest absolute Gasteiger partial charge is 0.396 e. The van der Waals surface area contributed by atoms with Gasteiger partial charge in [-0.3, -0.25) is 4.90 Å². The molecule has 5 heteroatoms. The van der Waals surface area contributed by atoms with Gasteiger partial charge < -0.3 is 9.67 Å². The number of aryl methyl sites for hydroxylation is 1. The van der Waals surface area contributed by atoms with Crippen molar-refractivity contribution in [2.45, 2.75) is 26.3 Å². The van der Waals surface area contributed by atoms with E-state index in [4.69, 9.17) is 16.6 Å². The third-order valence-corrected chi connectivity index (χ3v) is 4.78. The Morgan fingerprint density at radius 1 is 1.43 bits per heavy atom. The van der Waals surface area contributed by atoms with E-state index in [2.05, 4.69) is 16.4 Å². The first-order chi connectivity index (χ1) is 10.0. The van der Waals surface area contributed by atoms with Gasteiger partial charge in [0.25, 0.3) is 0 Å². The molecular weight excluding hydrogens is 286 g/mol. The molecule has 2 aromatic rings. The van der Waals surface area contributed by atoms with E-state index < -0.39 is 0 Å². The van der Waals surface area contributed by atoms with Crippen LogP contribution in [-0.4, -0.2) is 39.3 Å². The van der Waals surface area contributed by atoms with Gasteiger partial charge >= 0.3 is 0 Å². The van der Waals surface area contributed by atoms with Crippen molar-refractivity contribution in [1.29, 1.82) is 0 Å². The molecule has 1 saturated heterocycles. The summed E-state index contributed by atoms with van der Waals surface area (Å²) in [6.45, 7) is 5.22. The van der Waals surface area contributed by atoms with Gasteiger partial charge in [0.1, 0.15) is 5.82 Å². The van der Waals surface area contributed by atoms with E-state index >= 15 is 0 Å². The molecular formula is C16H22ClN3O. The first-order valence-corrected chi connectivity index (χ1v) is 7.83. The molecule has 21 heavy (non-hydrogen) atoms. The van der Waals surface area contributed by atoms with Crippen LogP contribution >= 0.6 is 11.6 Å². The third-order valence-electron chi connectivity index (χ3n) is 4.54. The highest BCUT2D eigenvalue weighted by Gasteiger charge is 2.30. The van der Waals surface area contributed by atoms with E-state index in [1.165, 1.54) is 0 Å². The Bertz CT molecular complexity index is 654. The summed E-state index contributed by atoms with van der Waals surface area (Å²) in [7, 11) is 2.05. The molecule has 3 rings (SSSR count). The van der Waals surface area contributed by atoms with Gasteiger partial charge in [0.05, 0.1) is 17.6 Å². The standard InChI is InChI=1S/C16H22ClN3O/c1-16(11-21)6-3-7-20(10-16)9-15-18-13-8-12(17)4-5-14(13)19(15)2/h4-5,8,21H,3,6-7,9-11H2,1-2H3. The Morgan fingerprint density at radius 3 is 3.00 bits per heavy atom. The van der Waals surface area contributed by atoms with Gasteiger partial charge in [0.2, 0.25) is 0 Å². The predicted molar refractivity (Wildman–Crippen MR) is 85.4 cm³/mol. The maximum atomic E-state index is 9.57. The molecule has 1 fully saturated rings. The highest BCUT2D eigenvalue weighted by atomic mass is 35.5. The number of benzene rings is 1. The molecule has 114 valence electrons. The van der Waals surface area contributed by atoms with Gasteiger partial charge in [-0.2, -0.15) is 0 Å². The number of hydrogen-bond acceptors (Lipinski definition) is 3. The van der Waals surface area contributed by atoms with Crippen LogP contribution in [0.25, 0.3) is 11.0 Å². The molecule has 1 atom stereocenters. The molecule has 0 radical (unpaired) electrons. The maximum Gasteiger partial charge on any atom is 0.123 e. The molecule has 4 nitrogen and oxygen atoms in total. The first-order valence-electron chi connectivity index (χ1n) is 7.45. The molecule has 1 aromatic heterocycles. The van der Waals surface area contributed by atoms with Crippen LogP contribution in [0.3, 0.4) is 0 Å². The van der Waals surface area contributed by atoms with Crippen LogP contribution in [0.15, 0.2) is 18.2 Å². The summed E-state index contributed by atoms with van der Waals surface area (Å²) in [5.41, 5.74) is 2.07. The summed E-state index contributed by atoms with van der Waals surface area (Å²) in [4.78, 5) is 7.11. The molecule has 1 aromatic carbocycles. The lowest BCUT2D eigenvalue weighted by Crippen LogP contribution is -2.43. The van der Waals surface area contributed by atoms with E-state index in [0.717, 1.165) is 54.4 Å². The fourth-order valence-corrected chi connectivity index (χ4v) is 3.42. The summed E-state index contributed by atoms with van der Waals surface area (Å²) < 4.78 is 2.14. The van der Waals surface area contributed by atoms with Crippen molar-refractivity contribution in [3.05, 3.63) is 29.0 Å². The maximum absolute atomic E-state index is 9.57. The highest BCUT2D eigenvalue weighted by molar-refractivity contribution is 6.31. The minimum atomic E-state index is 0.0200. The molecule has 1 unspecified atom stereocenters. The summed E-state index contributed by atoms with van der Waals surface area (Å²) in [5.74, 6) is 1.05. The van der Waals surface area contributed by atoms with E-state index in [1.54, 1.807) is 0 Å². The van der Waals surface area contributed by atoms with Crippen LogP contribution in [0.2, 0.25) is 5.02 Å². The summed E-state index contributed by atoms with van der Waals surface area (Å²) >= 11 is 6.04. The van der Waals surface area contributed by atoms with Crippen molar-refractivity contribution in [3.8, 4) is 0 Å². The third kappa shape index (κ3) is 2.93. The number of rotatable bonds is 3. The lowest BCUT2D eigenvalue weighted by Gasteiger charge is -2.39. The number of nitrogens with zero attached hydrogens (tertiary/aromatic N) is 3. The number of halogens is 1. The van der Waals surface area contributed by atoms with Crippen LogP contribution in [0.5, 0.6) is 0 Å². The Kier molecular flexibility index (Phi) is 3.95. The second-order valence-corrected chi connectivity index (χ2v) is 6.94. The molecule has 1 N–H and O–H groups in total. The smallest absolute Gasteiger partial charge is 0.123 e. The van der Waals surface area contributed by atoms with Crippen LogP contribution in [-0.2, 0) is 13.6 Å². The van der Waals surface area contributed by atoms with Gasteiger partial charge in [-0.05, 0) is 37.6 Å². The second kappa shape index (κ2) is 5.59. The fraction of sp³-hybridized carbons (Fsp3) is 0.562. The number of aromatic nitrogens is 2. The Morgan fingerprint density at radius 2 is 2.24 bits per heavy atom. The van der Waals surface area contributed by atoms with Crippen LogP contribution < -0.4 is 0 Å². The van der Waals surface area contributed by atoms with E-state index in [-0.39, 0.29) is 12.0 Å². The Hall–Kier alpha value is -1.10. The normalized spacial score (nSPS) is 23.8. The highest BCUT2D eigenvalue weighted by Crippen LogP contribution is 2.30. The monoisotopic (exact) mass is 307 g/mol. The van der Waals surface area contributed by atoms with Crippen molar-refractivity contribution in [2.75, 3.05) is 19.7 Å². The second-order valence-electron chi connectivity index (χ2n) is 6.50. The van der Waals surface area contributed by atoms with Gasteiger partial charge in [-0.15, -0.1) is 0 Å². The number of hydrogen-bond donors (Lipinski definition) is 1. The number of imidazole rings is 1. The van der Waals surface area contributed by atoms with Crippen molar-refractivity contribution in [2.24, 2.45) is 12.5 Å². The molecule has 0 aliphatic carbocycles. The van der Waals surface area contributed by atoms with Crippen LogP contribution in [0.4, 0.5) is 0 Å². The van der Waals surface area contributed by atoms with Crippen molar-refractivity contribution < 1.29 is 5.11 Å². The quantitative estimate of drug-likeness (QED) is 0.948. The molecule has 0 spiro atoms. The summed E-state index contributed by atoms with van der Waals surface area (Å²) in [6.07, 6.45) is 2.23. The van der Waals surface area contributed by atoms with Gasteiger partial charge in [-0.25, -0.2) is 4.98 Å². The zero-order chi connectivity index (χ0) is 15.0. The SMILES string of the molecule is Cn1c(CN2CCCC(C)(CO)C2)nc2cc(Cl)ccc21. The lowest BCUT2D eigenvalue weighted by molar-refractivity contribution is 0.0414. The van der Waals surface area contributed by atoms with Gasteiger partial charge in [0, 0.05) is 30.6 Å². The van der Waals surface area contributed by atoms with Crippen molar-refractivity contribution >= 4 is 22.6 Å². The van der Waals surface area contributed by atoms with E-state index in [0.29, 0.717) is 0 Å². The van der Waals surface area contributed by atoms with E-state index in [1.807, 2.05) is 25.2 Å². The first kappa shape index (κ1) is 14.8. The van der Waals surface area contributed by atoms with Crippen molar-refractivity contribution in [1.82, 2.24) is 14.5 Å². The molecule has 2 heterocycles. The minimum absolute atomic E-state index is 0.0200. The average Bonchev–Trinajstić information content (AvgIpc) is 2.75. The summed E-state index contributed by atoms with van der Waals surface area (Å²) in [6, 6.07) is 5.83. The number of piperidine rings is 1. The van der Waals surface area contributed by atoms with E-state index in [9.17, 15) is 5.11 Å². The predicted octanol–water partition coefficient (Wildman–Crippen LogP) is 2.82.